The molecule has 0 aromatic heterocycles. The van der Waals surface area contributed by atoms with Crippen LogP contribution in [0.5, 0.6) is 0 Å². The first-order valence-electron chi connectivity index (χ1n) is 4.75. The molecule has 0 radical (unpaired) electrons. The number of nitrogens with two attached hydrogens (primary N) is 1. The quantitative estimate of drug-likeness (QED) is 0.685. The third-order valence-electron chi connectivity index (χ3n) is 2.07. The summed E-state index contributed by atoms with van der Waals surface area (Å²) in [7, 11) is 0. The minimum Gasteiger partial charge on any atom is -0.402 e. The predicted molar refractivity (Wildman–Crippen MR) is 58.2 cm³/mol. The minimum atomic E-state index is 0.876. The van der Waals surface area contributed by atoms with Gasteiger partial charge in [0.05, 0.1) is 0 Å². The summed E-state index contributed by atoms with van der Waals surface area (Å²) < 4.78 is 0. The molecule has 0 heterocycles. The first-order valence-corrected chi connectivity index (χ1v) is 4.75. The number of allylic oxidation sites excluding steroid dienone is 7. The molecule has 0 fully saturated rings. The van der Waals surface area contributed by atoms with E-state index >= 15 is 0 Å². The Morgan fingerprint density at radius 1 is 1.46 bits per heavy atom. The lowest BCUT2D eigenvalue weighted by molar-refractivity contribution is 1.10. The molecule has 0 aliphatic heterocycles. The molecule has 1 nitrogen and oxygen atoms in total. The lowest BCUT2D eigenvalue weighted by Crippen LogP contribution is -1.94. The third-order valence-corrected chi connectivity index (χ3v) is 2.07. The van der Waals surface area contributed by atoms with E-state index in [0.29, 0.717) is 0 Å². The Kier molecular flexibility index (Phi) is 3.56. The predicted octanol–water partition coefficient (Wildman–Crippen LogP) is 3.07. The Balaban J connectivity index is 2.94. The van der Waals surface area contributed by atoms with Gasteiger partial charge in [-0.2, -0.15) is 0 Å². The molecule has 1 heteroatoms. The summed E-state index contributed by atoms with van der Waals surface area (Å²) >= 11 is 0. The highest BCUT2D eigenvalue weighted by Gasteiger charge is 1.99. The van der Waals surface area contributed by atoms with Crippen LogP contribution in [0.25, 0.3) is 0 Å². The van der Waals surface area contributed by atoms with Gasteiger partial charge in [-0.1, -0.05) is 36.8 Å². The standard InChI is InChI=1S/C12H17N/c1-3-5-11-8-10(4-2)6-7-12(13)9-11/h3,5-6,8-9H,4,7,13H2,1-2H3. The van der Waals surface area contributed by atoms with Crippen LogP contribution in [0.4, 0.5) is 0 Å². The maximum absolute atomic E-state index is 5.81. The second kappa shape index (κ2) is 4.70. The summed E-state index contributed by atoms with van der Waals surface area (Å²) in [6.45, 7) is 4.18. The highest BCUT2D eigenvalue weighted by Crippen LogP contribution is 2.16. The molecule has 70 valence electrons. The maximum Gasteiger partial charge on any atom is 0.0125 e. The molecule has 0 aromatic rings. The normalized spacial score (nSPS) is 17.8. The van der Waals surface area contributed by atoms with Crippen molar-refractivity contribution in [3.05, 3.63) is 47.2 Å². The van der Waals surface area contributed by atoms with Crippen LogP contribution >= 0.6 is 0 Å². The summed E-state index contributed by atoms with van der Waals surface area (Å²) in [6, 6.07) is 0. The molecular weight excluding hydrogens is 158 g/mol. The first-order chi connectivity index (χ1) is 6.26. The van der Waals surface area contributed by atoms with Gasteiger partial charge in [-0.3, -0.25) is 0 Å². The third kappa shape index (κ3) is 2.94. The van der Waals surface area contributed by atoms with Gasteiger partial charge in [0.2, 0.25) is 0 Å². The van der Waals surface area contributed by atoms with Crippen LogP contribution in [0.15, 0.2) is 47.2 Å². The molecule has 0 spiro atoms. The Labute approximate surface area is 80.3 Å². The van der Waals surface area contributed by atoms with E-state index in [-0.39, 0.29) is 0 Å². The van der Waals surface area contributed by atoms with E-state index in [1.165, 1.54) is 11.1 Å². The summed E-state index contributed by atoms with van der Waals surface area (Å²) in [5.41, 5.74) is 9.32. The van der Waals surface area contributed by atoms with Gasteiger partial charge in [-0.05, 0) is 25.0 Å². The molecule has 0 atom stereocenters. The van der Waals surface area contributed by atoms with Crippen molar-refractivity contribution in [3.63, 3.8) is 0 Å². The second-order valence-corrected chi connectivity index (χ2v) is 3.20. The van der Waals surface area contributed by atoms with E-state index in [4.69, 9.17) is 5.73 Å². The Morgan fingerprint density at radius 2 is 2.23 bits per heavy atom. The molecular formula is C12H17N. The zero-order chi connectivity index (χ0) is 9.68. The SMILES string of the molecule is CC=CC1=CC(CC)=CCC(N)=C1. The summed E-state index contributed by atoms with van der Waals surface area (Å²) in [5, 5.41) is 0. The molecule has 0 bridgehead atoms. The molecule has 13 heavy (non-hydrogen) atoms. The van der Waals surface area contributed by atoms with Crippen molar-refractivity contribution in [1.29, 1.82) is 0 Å². The fourth-order valence-electron chi connectivity index (χ4n) is 1.37. The van der Waals surface area contributed by atoms with E-state index in [1.54, 1.807) is 0 Å². The van der Waals surface area contributed by atoms with Crippen molar-refractivity contribution < 1.29 is 0 Å². The van der Waals surface area contributed by atoms with E-state index in [2.05, 4.69) is 25.2 Å². The zero-order valence-electron chi connectivity index (χ0n) is 8.38. The van der Waals surface area contributed by atoms with Crippen LogP contribution in [0.2, 0.25) is 0 Å². The van der Waals surface area contributed by atoms with Gasteiger partial charge in [-0.15, -0.1) is 0 Å². The highest BCUT2D eigenvalue weighted by atomic mass is 14.6. The average Bonchev–Trinajstić information content (AvgIpc) is 2.28. The number of rotatable bonds is 2. The molecule has 0 unspecified atom stereocenters. The summed E-state index contributed by atoms with van der Waals surface area (Å²) in [6.07, 6.45) is 12.5. The second-order valence-electron chi connectivity index (χ2n) is 3.20. The van der Waals surface area contributed by atoms with Crippen molar-refractivity contribution in [2.24, 2.45) is 5.73 Å². The van der Waals surface area contributed by atoms with Gasteiger partial charge in [-0.25, -0.2) is 0 Å². The topological polar surface area (TPSA) is 26.0 Å². The fraction of sp³-hybridized carbons (Fsp3) is 0.333. The molecule has 1 aliphatic carbocycles. The van der Waals surface area contributed by atoms with Crippen LogP contribution in [0.1, 0.15) is 26.7 Å². The molecule has 0 saturated heterocycles. The van der Waals surface area contributed by atoms with Gasteiger partial charge in [0.25, 0.3) is 0 Å². The lowest BCUT2D eigenvalue weighted by Gasteiger charge is -1.95. The van der Waals surface area contributed by atoms with Gasteiger partial charge in [0.1, 0.15) is 0 Å². The fourth-order valence-corrected chi connectivity index (χ4v) is 1.37. The smallest absolute Gasteiger partial charge is 0.0125 e. The van der Waals surface area contributed by atoms with Gasteiger partial charge in [0.15, 0.2) is 0 Å². The van der Waals surface area contributed by atoms with Crippen molar-refractivity contribution in [1.82, 2.24) is 0 Å². The molecule has 1 aliphatic rings. The molecule has 0 aromatic carbocycles. The first kappa shape index (κ1) is 9.85. The van der Waals surface area contributed by atoms with Crippen molar-refractivity contribution in [2.45, 2.75) is 26.7 Å². The van der Waals surface area contributed by atoms with Crippen molar-refractivity contribution in [3.8, 4) is 0 Å². The van der Waals surface area contributed by atoms with Gasteiger partial charge in [0, 0.05) is 12.1 Å². The molecule has 0 amide bonds. The molecule has 1 rings (SSSR count). The number of hydrogen-bond donors (Lipinski definition) is 1. The van der Waals surface area contributed by atoms with Gasteiger partial charge < -0.3 is 5.73 Å². The van der Waals surface area contributed by atoms with Crippen LogP contribution in [0.3, 0.4) is 0 Å². The van der Waals surface area contributed by atoms with Gasteiger partial charge >= 0.3 is 0 Å². The minimum absolute atomic E-state index is 0.876. The average molecular weight is 175 g/mol. The van der Waals surface area contributed by atoms with Crippen molar-refractivity contribution >= 4 is 0 Å². The Morgan fingerprint density at radius 3 is 2.85 bits per heavy atom. The number of hydrogen-bond acceptors (Lipinski definition) is 1. The van der Waals surface area contributed by atoms with Crippen molar-refractivity contribution in [2.75, 3.05) is 0 Å². The highest BCUT2D eigenvalue weighted by molar-refractivity contribution is 5.41. The molecule has 2 N–H and O–H groups in total. The Hall–Kier alpha value is -1.24. The zero-order valence-corrected chi connectivity index (χ0v) is 8.38. The van der Waals surface area contributed by atoms with Crippen LogP contribution in [-0.4, -0.2) is 0 Å². The largest absolute Gasteiger partial charge is 0.402 e. The molecule has 0 saturated carbocycles. The Bertz CT molecular complexity index is 290. The van der Waals surface area contributed by atoms with E-state index in [0.717, 1.165) is 18.5 Å². The maximum atomic E-state index is 5.81. The monoisotopic (exact) mass is 175 g/mol. The van der Waals surface area contributed by atoms with E-state index in [1.807, 2.05) is 19.1 Å². The lowest BCUT2D eigenvalue weighted by atomic mass is 10.1. The van der Waals surface area contributed by atoms with Crippen LogP contribution in [-0.2, 0) is 0 Å². The summed E-state index contributed by atoms with van der Waals surface area (Å²) in [4.78, 5) is 0. The van der Waals surface area contributed by atoms with Crippen LogP contribution in [0, 0.1) is 0 Å². The summed E-state index contributed by atoms with van der Waals surface area (Å²) in [5.74, 6) is 0. The van der Waals surface area contributed by atoms with Crippen LogP contribution < -0.4 is 5.73 Å². The van der Waals surface area contributed by atoms with E-state index in [9.17, 15) is 0 Å². The van der Waals surface area contributed by atoms with E-state index < -0.39 is 0 Å².